The van der Waals surface area contributed by atoms with E-state index in [2.05, 4.69) is 14.8 Å². The van der Waals surface area contributed by atoms with Gasteiger partial charge in [0.2, 0.25) is 5.28 Å². The van der Waals surface area contributed by atoms with Gasteiger partial charge in [0.25, 0.3) is 0 Å². The summed E-state index contributed by atoms with van der Waals surface area (Å²) in [5, 5.41) is 2.16. The summed E-state index contributed by atoms with van der Waals surface area (Å²) in [4.78, 5) is 14.3. The molecule has 0 aliphatic carbocycles. The minimum atomic E-state index is -4.75. The highest BCUT2D eigenvalue weighted by Crippen LogP contribution is 2.23. The Morgan fingerprint density at radius 2 is 1.89 bits per heavy atom. The van der Waals surface area contributed by atoms with Crippen molar-refractivity contribution in [2.24, 2.45) is 0 Å². The van der Waals surface area contributed by atoms with E-state index in [1.54, 1.807) is 0 Å². The second kappa shape index (κ2) is 4.37. The SMILES string of the molecule is O=c1nc(Cl)n(-c2ccc(OC(F)(F)F)cc2)[nH]1. The van der Waals surface area contributed by atoms with Crippen molar-refractivity contribution in [1.29, 1.82) is 0 Å². The molecule has 2 aromatic rings. The molecule has 0 bridgehead atoms. The summed E-state index contributed by atoms with van der Waals surface area (Å²) in [6.45, 7) is 0. The summed E-state index contributed by atoms with van der Waals surface area (Å²) < 4.78 is 40.6. The smallest absolute Gasteiger partial charge is 0.406 e. The van der Waals surface area contributed by atoms with Crippen molar-refractivity contribution >= 4 is 11.6 Å². The lowest BCUT2D eigenvalue weighted by molar-refractivity contribution is -0.274. The number of hydrogen-bond donors (Lipinski definition) is 1. The van der Waals surface area contributed by atoms with E-state index in [1.165, 1.54) is 12.1 Å². The summed E-state index contributed by atoms with van der Waals surface area (Å²) in [6.07, 6.45) is -4.75. The van der Waals surface area contributed by atoms with Crippen LogP contribution in [-0.2, 0) is 0 Å². The minimum Gasteiger partial charge on any atom is -0.406 e. The molecule has 0 aliphatic rings. The fraction of sp³-hybridized carbons (Fsp3) is 0.111. The first-order valence-corrected chi connectivity index (χ1v) is 4.94. The van der Waals surface area contributed by atoms with Crippen molar-refractivity contribution < 1.29 is 17.9 Å². The Bertz CT molecular complexity index is 603. The number of alkyl halides is 3. The van der Waals surface area contributed by atoms with Gasteiger partial charge in [-0.2, -0.15) is 4.98 Å². The second-order valence-corrected chi connectivity index (χ2v) is 3.51. The van der Waals surface area contributed by atoms with E-state index in [1.807, 2.05) is 0 Å². The fourth-order valence-electron chi connectivity index (χ4n) is 1.27. The molecule has 0 unspecified atom stereocenters. The number of aromatic nitrogens is 3. The van der Waals surface area contributed by atoms with Crippen LogP contribution in [0, 0.1) is 0 Å². The van der Waals surface area contributed by atoms with Gasteiger partial charge in [-0.25, -0.2) is 14.6 Å². The molecule has 9 heteroatoms. The molecular formula is C9H5ClF3N3O2. The van der Waals surface area contributed by atoms with Crippen LogP contribution in [0.4, 0.5) is 13.2 Å². The van der Waals surface area contributed by atoms with Gasteiger partial charge >= 0.3 is 12.1 Å². The average Bonchev–Trinajstić information content (AvgIpc) is 2.57. The summed E-state index contributed by atoms with van der Waals surface area (Å²) in [6, 6.07) is 4.78. The predicted octanol–water partition coefficient (Wildman–Crippen LogP) is 2.11. The molecule has 0 radical (unpaired) electrons. The monoisotopic (exact) mass is 279 g/mol. The second-order valence-electron chi connectivity index (χ2n) is 3.17. The maximum absolute atomic E-state index is 11.9. The zero-order chi connectivity index (χ0) is 13.3. The molecule has 0 aliphatic heterocycles. The van der Waals surface area contributed by atoms with E-state index >= 15 is 0 Å². The van der Waals surface area contributed by atoms with Gasteiger partial charge in [0.15, 0.2) is 0 Å². The van der Waals surface area contributed by atoms with Gasteiger partial charge in [0, 0.05) is 0 Å². The van der Waals surface area contributed by atoms with Crippen molar-refractivity contribution in [1.82, 2.24) is 14.8 Å². The standard InChI is InChI=1S/C9H5ClF3N3O2/c10-7-14-8(17)15-16(7)5-1-3-6(4-2-5)18-9(11,12)13/h1-4H,(H,15,17). The summed E-state index contributed by atoms with van der Waals surface area (Å²) >= 11 is 5.64. The molecule has 96 valence electrons. The Balaban J connectivity index is 2.28. The van der Waals surface area contributed by atoms with Crippen LogP contribution in [0.25, 0.3) is 5.69 Å². The first kappa shape index (κ1) is 12.5. The van der Waals surface area contributed by atoms with Gasteiger partial charge in [-0.15, -0.1) is 13.2 Å². The molecule has 0 spiro atoms. The van der Waals surface area contributed by atoms with Crippen molar-refractivity contribution in [3.05, 3.63) is 40.0 Å². The summed E-state index contributed by atoms with van der Waals surface area (Å²) in [7, 11) is 0. The number of halogens is 4. The maximum atomic E-state index is 11.9. The van der Waals surface area contributed by atoms with Crippen LogP contribution in [-0.4, -0.2) is 21.1 Å². The topological polar surface area (TPSA) is 59.9 Å². The zero-order valence-corrected chi connectivity index (χ0v) is 9.29. The van der Waals surface area contributed by atoms with Gasteiger partial charge < -0.3 is 4.74 Å². The molecule has 1 heterocycles. The molecule has 0 amide bonds. The van der Waals surface area contributed by atoms with Gasteiger partial charge in [-0.1, -0.05) is 0 Å². The fourth-order valence-corrected chi connectivity index (χ4v) is 1.49. The Labute approximate surface area is 103 Å². The highest BCUT2D eigenvalue weighted by Gasteiger charge is 2.30. The maximum Gasteiger partial charge on any atom is 0.573 e. The van der Waals surface area contributed by atoms with Crippen molar-refractivity contribution in [3.63, 3.8) is 0 Å². The molecule has 0 saturated heterocycles. The molecule has 0 saturated carbocycles. The Morgan fingerprint density at radius 1 is 1.28 bits per heavy atom. The number of nitrogens with one attached hydrogen (secondary N) is 1. The minimum absolute atomic E-state index is 0.121. The van der Waals surface area contributed by atoms with Crippen LogP contribution in [0.15, 0.2) is 29.1 Å². The van der Waals surface area contributed by atoms with E-state index in [4.69, 9.17) is 11.6 Å². The van der Waals surface area contributed by atoms with Crippen LogP contribution in [0.5, 0.6) is 5.75 Å². The lowest BCUT2D eigenvalue weighted by atomic mass is 10.3. The zero-order valence-electron chi connectivity index (χ0n) is 8.53. The Kier molecular flexibility index (Phi) is 3.04. The van der Waals surface area contributed by atoms with Crippen LogP contribution in [0.3, 0.4) is 0 Å². The van der Waals surface area contributed by atoms with Crippen molar-refractivity contribution in [2.45, 2.75) is 6.36 Å². The van der Waals surface area contributed by atoms with Crippen LogP contribution in [0.1, 0.15) is 0 Å². The van der Waals surface area contributed by atoms with Crippen molar-refractivity contribution in [3.8, 4) is 11.4 Å². The summed E-state index contributed by atoms with van der Waals surface area (Å²) in [5.74, 6) is -0.371. The first-order chi connectivity index (χ1) is 8.35. The first-order valence-electron chi connectivity index (χ1n) is 4.56. The number of aromatic amines is 1. The van der Waals surface area contributed by atoms with E-state index < -0.39 is 12.1 Å². The molecule has 18 heavy (non-hydrogen) atoms. The van der Waals surface area contributed by atoms with Crippen LogP contribution in [0.2, 0.25) is 5.28 Å². The molecule has 1 N–H and O–H groups in total. The number of H-pyrrole nitrogens is 1. The van der Waals surface area contributed by atoms with Crippen LogP contribution >= 0.6 is 11.6 Å². The molecule has 5 nitrogen and oxygen atoms in total. The van der Waals surface area contributed by atoms with Gasteiger partial charge in [-0.3, -0.25) is 0 Å². The van der Waals surface area contributed by atoms with Gasteiger partial charge in [-0.05, 0) is 35.9 Å². The third kappa shape index (κ3) is 2.83. The molecule has 0 fully saturated rings. The Hall–Kier alpha value is -1.96. The molecular weight excluding hydrogens is 275 g/mol. The normalized spacial score (nSPS) is 11.6. The molecule has 2 rings (SSSR count). The molecule has 1 aromatic carbocycles. The predicted molar refractivity (Wildman–Crippen MR) is 55.9 cm³/mol. The third-order valence-corrected chi connectivity index (χ3v) is 2.17. The van der Waals surface area contributed by atoms with E-state index in [9.17, 15) is 18.0 Å². The van der Waals surface area contributed by atoms with E-state index in [0.29, 0.717) is 5.69 Å². The lowest BCUT2D eigenvalue weighted by Crippen LogP contribution is -2.17. The van der Waals surface area contributed by atoms with E-state index in [0.717, 1.165) is 16.8 Å². The van der Waals surface area contributed by atoms with Crippen LogP contribution < -0.4 is 10.4 Å². The average molecular weight is 280 g/mol. The Morgan fingerprint density at radius 3 is 2.33 bits per heavy atom. The largest absolute Gasteiger partial charge is 0.573 e. The van der Waals surface area contributed by atoms with Gasteiger partial charge in [0.1, 0.15) is 5.75 Å². The number of nitrogens with zero attached hydrogens (tertiary/aromatic N) is 2. The quantitative estimate of drug-likeness (QED) is 0.916. The molecule has 0 atom stereocenters. The highest BCUT2D eigenvalue weighted by atomic mass is 35.5. The summed E-state index contributed by atoms with van der Waals surface area (Å²) in [5.41, 5.74) is -0.306. The number of hydrogen-bond acceptors (Lipinski definition) is 3. The number of benzene rings is 1. The van der Waals surface area contributed by atoms with Gasteiger partial charge in [0.05, 0.1) is 5.69 Å². The van der Waals surface area contributed by atoms with E-state index in [-0.39, 0.29) is 11.0 Å². The highest BCUT2D eigenvalue weighted by molar-refractivity contribution is 6.28. The molecule has 1 aromatic heterocycles. The number of rotatable bonds is 2. The lowest BCUT2D eigenvalue weighted by Gasteiger charge is -2.09. The third-order valence-electron chi connectivity index (χ3n) is 1.91. The number of ether oxygens (including phenoxy) is 1. The van der Waals surface area contributed by atoms with Crippen molar-refractivity contribution in [2.75, 3.05) is 0 Å².